The Morgan fingerprint density at radius 1 is 1.23 bits per heavy atom. The zero-order valence-corrected chi connectivity index (χ0v) is 13.5. The van der Waals surface area contributed by atoms with E-state index >= 15 is 0 Å². The van der Waals surface area contributed by atoms with Crippen molar-refractivity contribution in [2.24, 2.45) is 5.10 Å². The van der Waals surface area contributed by atoms with Gasteiger partial charge in [-0.1, -0.05) is 41.6 Å². The van der Waals surface area contributed by atoms with Crippen LogP contribution in [0.2, 0.25) is 4.34 Å². The summed E-state index contributed by atoms with van der Waals surface area (Å²) in [5, 5.41) is 4.52. The lowest BCUT2D eigenvalue weighted by molar-refractivity contribution is -0.115. The van der Waals surface area contributed by atoms with E-state index in [1.165, 1.54) is 28.0 Å². The highest BCUT2D eigenvalue weighted by molar-refractivity contribution is 8.15. The molecule has 2 aromatic rings. The van der Waals surface area contributed by atoms with E-state index in [0.29, 0.717) is 20.1 Å². The van der Waals surface area contributed by atoms with E-state index < -0.39 is 0 Å². The molecular formula is C14H10ClN3O2S2. The lowest BCUT2D eigenvalue weighted by atomic mass is 10.3. The van der Waals surface area contributed by atoms with Crippen molar-refractivity contribution >= 4 is 57.4 Å². The minimum atomic E-state index is -0.350. The van der Waals surface area contributed by atoms with Crippen molar-refractivity contribution in [3.63, 3.8) is 0 Å². The van der Waals surface area contributed by atoms with Gasteiger partial charge in [0.2, 0.25) is 5.91 Å². The predicted octanol–water partition coefficient (Wildman–Crippen LogP) is 3.18. The van der Waals surface area contributed by atoms with Crippen LogP contribution in [0.4, 0.5) is 5.69 Å². The first-order chi connectivity index (χ1) is 10.6. The minimum Gasteiger partial charge on any atom is -0.273 e. The van der Waals surface area contributed by atoms with Gasteiger partial charge >= 0.3 is 0 Å². The fourth-order valence-corrected chi connectivity index (χ4v) is 3.63. The van der Waals surface area contributed by atoms with E-state index in [9.17, 15) is 9.59 Å². The average molecular weight is 352 g/mol. The minimum absolute atomic E-state index is 0.0663. The number of hydrogen-bond donors (Lipinski definition) is 1. The lowest BCUT2D eigenvalue weighted by Crippen LogP contribution is -2.31. The number of para-hydroxylation sites is 1. The summed E-state index contributed by atoms with van der Waals surface area (Å²) in [6.07, 6.45) is 0. The summed E-state index contributed by atoms with van der Waals surface area (Å²) >= 11 is 8.26. The first kappa shape index (κ1) is 15.1. The van der Waals surface area contributed by atoms with Gasteiger partial charge in [-0.05, 0) is 24.3 Å². The lowest BCUT2D eigenvalue weighted by Gasteiger charge is -2.15. The van der Waals surface area contributed by atoms with E-state index in [1.807, 2.05) is 30.3 Å². The molecule has 1 aromatic carbocycles. The first-order valence-corrected chi connectivity index (χ1v) is 8.47. The fraction of sp³-hybridized carbons (Fsp3) is 0.0714. The molecule has 8 heteroatoms. The molecule has 0 unspecified atom stereocenters. The summed E-state index contributed by atoms with van der Waals surface area (Å²) in [5.41, 5.74) is 3.19. The van der Waals surface area contributed by atoms with Crippen molar-refractivity contribution in [3.8, 4) is 0 Å². The number of carbonyl (C=O) groups is 2. The SMILES string of the molecule is O=C(NN=C1SCC(=O)N1c1ccccc1)c1ccc(Cl)s1. The summed E-state index contributed by atoms with van der Waals surface area (Å²) in [5.74, 6) is -0.116. The number of nitrogens with zero attached hydrogens (tertiary/aromatic N) is 2. The molecule has 0 atom stereocenters. The van der Waals surface area contributed by atoms with Crippen LogP contribution in [-0.4, -0.2) is 22.7 Å². The number of hydrogen-bond acceptors (Lipinski definition) is 5. The maximum atomic E-state index is 12.0. The molecule has 2 heterocycles. The van der Waals surface area contributed by atoms with Crippen LogP contribution in [0.5, 0.6) is 0 Å². The second-order valence-corrected chi connectivity index (χ2v) is 6.95. The zero-order valence-electron chi connectivity index (χ0n) is 11.2. The van der Waals surface area contributed by atoms with E-state index in [4.69, 9.17) is 11.6 Å². The summed E-state index contributed by atoms with van der Waals surface area (Å²) in [7, 11) is 0. The molecule has 22 heavy (non-hydrogen) atoms. The summed E-state index contributed by atoms with van der Waals surface area (Å²) in [6.45, 7) is 0. The summed E-state index contributed by atoms with van der Waals surface area (Å²) in [4.78, 5) is 25.9. The summed E-state index contributed by atoms with van der Waals surface area (Å²) in [6, 6.07) is 12.5. The molecule has 0 bridgehead atoms. The Hall–Kier alpha value is -1.83. The van der Waals surface area contributed by atoms with Crippen molar-refractivity contribution < 1.29 is 9.59 Å². The number of anilines is 1. The number of thiophene rings is 1. The van der Waals surface area contributed by atoms with Gasteiger partial charge in [-0.15, -0.1) is 16.4 Å². The molecular weight excluding hydrogens is 342 g/mol. The van der Waals surface area contributed by atoms with Crippen molar-refractivity contribution in [2.45, 2.75) is 0 Å². The van der Waals surface area contributed by atoms with Crippen LogP contribution in [0.25, 0.3) is 0 Å². The van der Waals surface area contributed by atoms with Gasteiger partial charge in [-0.3, -0.25) is 14.5 Å². The number of carbonyl (C=O) groups excluding carboxylic acids is 2. The number of thioether (sulfide) groups is 1. The van der Waals surface area contributed by atoms with E-state index in [-0.39, 0.29) is 11.8 Å². The Labute approximate surface area is 140 Å². The topological polar surface area (TPSA) is 61.8 Å². The van der Waals surface area contributed by atoms with Gasteiger partial charge in [0, 0.05) is 0 Å². The van der Waals surface area contributed by atoms with Crippen molar-refractivity contribution in [2.75, 3.05) is 10.7 Å². The zero-order chi connectivity index (χ0) is 15.5. The van der Waals surface area contributed by atoms with Gasteiger partial charge in [-0.2, -0.15) is 0 Å². The number of benzene rings is 1. The molecule has 1 aliphatic rings. The van der Waals surface area contributed by atoms with E-state index in [1.54, 1.807) is 12.1 Å². The smallest absolute Gasteiger partial charge is 0.273 e. The molecule has 2 amide bonds. The van der Waals surface area contributed by atoms with Crippen LogP contribution in [0.15, 0.2) is 47.6 Å². The van der Waals surface area contributed by atoms with Gasteiger partial charge in [0.1, 0.15) is 0 Å². The van der Waals surface area contributed by atoms with Crippen LogP contribution in [-0.2, 0) is 4.79 Å². The molecule has 0 aliphatic carbocycles. The van der Waals surface area contributed by atoms with Crippen LogP contribution in [0.3, 0.4) is 0 Å². The monoisotopic (exact) mass is 351 g/mol. The molecule has 1 fully saturated rings. The van der Waals surface area contributed by atoms with Gasteiger partial charge in [0.05, 0.1) is 20.7 Å². The quantitative estimate of drug-likeness (QED) is 0.864. The van der Waals surface area contributed by atoms with Gasteiger partial charge < -0.3 is 0 Å². The highest BCUT2D eigenvalue weighted by Gasteiger charge is 2.29. The molecule has 112 valence electrons. The Kier molecular flexibility index (Phi) is 4.47. The van der Waals surface area contributed by atoms with Crippen LogP contribution in [0, 0.1) is 0 Å². The van der Waals surface area contributed by atoms with Crippen molar-refractivity contribution in [1.29, 1.82) is 0 Å². The Morgan fingerprint density at radius 3 is 2.68 bits per heavy atom. The molecule has 1 aromatic heterocycles. The van der Waals surface area contributed by atoms with Crippen LogP contribution >= 0.6 is 34.7 Å². The molecule has 0 radical (unpaired) electrons. The Bertz CT molecular complexity index is 746. The third-order valence-electron chi connectivity index (χ3n) is 2.83. The maximum absolute atomic E-state index is 12.0. The number of amides is 2. The van der Waals surface area contributed by atoms with Crippen molar-refractivity contribution in [1.82, 2.24) is 5.43 Å². The highest BCUT2D eigenvalue weighted by Crippen LogP contribution is 2.26. The van der Waals surface area contributed by atoms with Crippen LogP contribution in [0.1, 0.15) is 9.67 Å². The molecule has 5 nitrogen and oxygen atoms in total. The second kappa shape index (κ2) is 6.51. The molecule has 0 spiro atoms. The molecule has 0 saturated carbocycles. The third-order valence-corrected chi connectivity index (χ3v) is 4.98. The van der Waals surface area contributed by atoms with E-state index in [2.05, 4.69) is 10.5 Å². The predicted molar refractivity (Wildman–Crippen MR) is 90.6 cm³/mol. The molecule has 3 rings (SSSR count). The normalized spacial score (nSPS) is 16.3. The van der Waals surface area contributed by atoms with Crippen LogP contribution < -0.4 is 10.3 Å². The second-order valence-electron chi connectivity index (χ2n) is 4.29. The Balaban J connectivity index is 1.78. The number of halogens is 1. The molecule has 1 N–H and O–H groups in total. The number of hydrazone groups is 1. The highest BCUT2D eigenvalue weighted by atomic mass is 35.5. The molecule has 1 aliphatic heterocycles. The summed E-state index contributed by atoms with van der Waals surface area (Å²) < 4.78 is 0.536. The van der Waals surface area contributed by atoms with E-state index in [0.717, 1.165) is 5.69 Å². The fourth-order valence-electron chi connectivity index (χ4n) is 1.87. The Morgan fingerprint density at radius 2 is 2.00 bits per heavy atom. The maximum Gasteiger partial charge on any atom is 0.281 e. The average Bonchev–Trinajstić information content (AvgIpc) is 3.12. The van der Waals surface area contributed by atoms with Crippen molar-refractivity contribution in [3.05, 3.63) is 51.7 Å². The largest absolute Gasteiger partial charge is 0.281 e. The molecule has 1 saturated heterocycles. The van der Waals surface area contributed by atoms with Gasteiger partial charge in [0.15, 0.2) is 5.17 Å². The standard InChI is InChI=1S/C14H10ClN3O2S2/c15-11-7-6-10(22-11)13(20)16-17-14-18(12(19)8-21-14)9-4-2-1-3-5-9/h1-7H,8H2,(H,16,20). The third kappa shape index (κ3) is 3.16. The van der Waals surface area contributed by atoms with Gasteiger partial charge in [0.25, 0.3) is 5.91 Å². The number of nitrogens with one attached hydrogen (secondary N) is 1. The first-order valence-electron chi connectivity index (χ1n) is 6.29. The number of amidine groups is 1. The number of rotatable bonds is 3. The van der Waals surface area contributed by atoms with Gasteiger partial charge in [-0.25, -0.2) is 5.43 Å².